The summed E-state index contributed by atoms with van der Waals surface area (Å²) in [7, 11) is 1.12. The molecular weight excluding hydrogens is 304 g/mol. The van der Waals surface area contributed by atoms with Gasteiger partial charge in [0.05, 0.1) is 18.9 Å². The van der Waals surface area contributed by atoms with E-state index in [0.717, 1.165) is 17.6 Å². The zero-order valence-electron chi connectivity index (χ0n) is 12.1. The number of hydrogen-bond donors (Lipinski definition) is 0. The van der Waals surface area contributed by atoms with Crippen LogP contribution in [0.2, 0.25) is 0 Å². The predicted molar refractivity (Wildman–Crippen MR) is 76.4 cm³/mol. The molecule has 0 N–H and O–H groups in total. The minimum absolute atomic E-state index is 0.0483. The number of amides is 2. The van der Waals surface area contributed by atoms with Gasteiger partial charge in [-0.05, 0) is 5.56 Å². The van der Waals surface area contributed by atoms with E-state index in [4.69, 9.17) is 0 Å². The molecule has 1 aromatic carbocycles. The Morgan fingerprint density at radius 1 is 1.26 bits per heavy atom. The summed E-state index contributed by atoms with van der Waals surface area (Å²) in [5, 5.41) is 6.80. The average molecular weight is 316 g/mol. The van der Waals surface area contributed by atoms with Gasteiger partial charge in [0.2, 0.25) is 5.91 Å². The van der Waals surface area contributed by atoms with Gasteiger partial charge in [-0.3, -0.25) is 14.5 Å². The minimum Gasteiger partial charge on any atom is -0.464 e. The molecule has 0 aromatic heterocycles. The zero-order chi connectivity index (χ0) is 16.6. The number of hydrogen-bond acceptors (Lipinski definition) is 7. The van der Waals surface area contributed by atoms with Crippen molar-refractivity contribution in [2.45, 2.75) is 12.6 Å². The van der Waals surface area contributed by atoms with Gasteiger partial charge in [-0.1, -0.05) is 30.3 Å². The molecule has 1 saturated heterocycles. The van der Waals surface area contributed by atoms with Crippen LogP contribution in [0.15, 0.2) is 40.7 Å². The number of imide groups is 1. The standard InChI is InChI=1S/C14H12N4O5/c1-23-14(21)10-9-11(18(15-10)16-22)13(20)17(12(9)19)7-8-5-3-2-4-6-8/h2-6,9,11H,7H2,1H3/t9-,11+/m1/s1. The first-order valence-electron chi connectivity index (χ1n) is 6.77. The van der Waals surface area contributed by atoms with Crippen LogP contribution in [0.4, 0.5) is 0 Å². The Morgan fingerprint density at radius 3 is 2.57 bits per heavy atom. The highest BCUT2D eigenvalue weighted by molar-refractivity contribution is 6.43. The van der Waals surface area contributed by atoms with E-state index in [-0.39, 0.29) is 12.3 Å². The normalized spacial score (nSPS) is 22.9. The average Bonchev–Trinajstić information content (AvgIpc) is 3.07. The summed E-state index contributed by atoms with van der Waals surface area (Å²) in [5.74, 6) is -3.25. The highest BCUT2D eigenvalue weighted by Crippen LogP contribution is 2.33. The van der Waals surface area contributed by atoms with Gasteiger partial charge in [-0.25, -0.2) is 4.79 Å². The second-order valence-electron chi connectivity index (χ2n) is 5.05. The first kappa shape index (κ1) is 14.8. The molecule has 23 heavy (non-hydrogen) atoms. The van der Waals surface area contributed by atoms with Crippen molar-refractivity contribution in [2.75, 3.05) is 7.11 Å². The van der Waals surface area contributed by atoms with E-state index in [1.807, 2.05) is 6.07 Å². The van der Waals surface area contributed by atoms with Crippen molar-refractivity contribution in [3.05, 3.63) is 40.8 Å². The fourth-order valence-electron chi connectivity index (χ4n) is 2.71. The van der Waals surface area contributed by atoms with Crippen molar-refractivity contribution in [3.8, 4) is 0 Å². The minimum atomic E-state index is -1.22. The second-order valence-corrected chi connectivity index (χ2v) is 5.05. The van der Waals surface area contributed by atoms with Gasteiger partial charge in [0.25, 0.3) is 5.91 Å². The maximum atomic E-state index is 12.5. The van der Waals surface area contributed by atoms with Crippen molar-refractivity contribution >= 4 is 23.5 Å². The molecule has 1 aromatic rings. The third kappa shape index (κ3) is 2.26. The van der Waals surface area contributed by atoms with Crippen LogP contribution in [-0.2, 0) is 25.7 Å². The molecule has 2 aliphatic rings. The monoisotopic (exact) mass is 316 g/mol. The Morgan fingerprint density at radius 2 is 1.96 bits per heavy atom. The van der Waals surface area contributed by atoms with Crippen molar-refractivity contribution in [1.82, 2.24) is 10.0 Å². The highest BCUT2D eigenvalue weighted by atomic mass is 16.5. The van der Waals surface area contributed by atoms with E-state index in [0.29, 0.717) is 5.12 Å². The van der Waals surface area contributed by atoms with E-state index in [1.165, 1.54) is 0 Å². The van der Waals surface area contributed by atoms with E-state index in [2.05, 4.69) is 15.1 Å². The fourth-order valence-corrected chi connectivity index (χ4v) is 2.71. The molecule has 0 bridgehead atoms. The summed E-state index contributed by atoms with van der Waals surface area (Å²) in [5.41, 5.74) is 0.461. The van der Waals surface area contributed by atoms with Gasteiger partial charge in [0, 0.05) is 0 Å². The van der Waals surface area contributed by atoms with Crippen LogP contribution in [0.5, 0.6) is 0 Å². The number of carbonyl (C=O) groups excluding carboxylic acids is 3. The molecule has 2 amide bonds. The van der Waals surface area contributed by atoms with Crippen molar-refractivity contribution in [3.63, 3.8) is 0 Å². The summed E-state index contributed by atoms with van der Waals surface area (Å²) in [6, 6.07) is 7.67. The molecule has 0 radical (unpaired) electrons. The first-order valence-corrected chi connectivity index (χ1v) is 6.77. The van der Waals surface area contributed by atoms with Crippen LogP contribution < -0.4 is 0 Å². The predicted octanol–water partition coefficient (Wildman–Crippen LogP) is 0.0662. The molecule has 2 atom stereocenters. The number of benzene rings is 1. The molecule has 0 saturated carbocycles. The number of esters is 1. The summed E-state index contributed by atoms with van der Waals surface area (Å²) < 4.78 is 4.55. The molecular formula is C14H12N4O5. The fraction of sp³-hybridized carbons (Fsp3) is 0.286. The third-order valence-electron chi connectivity index (χ3n) is 3.78. The number of nitroso groups, excluding NO2 is 1. The summed E-state index contributed by atoms with van der Waals surface area (Å²) >= 11 is 0. The number of carbonyl (C=O) groups is 3. The summed E-state index contributed by atoms with van der Waals surface area (Å²) in [4.78, 5) is 48.6. The number of methoxy groups -OCH3 is 1. The molecule has 2 heterocycles. The first-order chi connectivity index (χ1) is 11.1. The molecule has 2 aliphatic heterocycles. The number of rotatable bonds is 4. The Bertz CT molecular complexity index is 717. The van der Waals surface area contributed by atoms with Crippen LogP contribution in [0.1, 0.15) is 5.56 Å². The van der Waals surface area contributed by atoms with Crippen molar-refractivity contribution in [1.29, 1.82) is 0 Å². The lowest BCUT2D eigenvalue weighted by atomic mass is 9.98. The van der Waals surface area contributed by atoms with Crippen LogP contribution in [0.25, 0.3) is 0 Å². The maximum absolute atomic E-state index is 12.5. The Hall–Kier alpha value is -3.10. The topological polar surface area (TPSA) is 109 Å². The SMILES string of the molecule is COC(=O)C1=NN(N=O)[C@@H]2C(=O)N(Cc3ccccc3)C(=O)[C@H]12. The summed E-state index contributed by atoms with van der Waals surface area (Å²) in [6.07, 6.45) is 0. The molecule has 9 heteroatoms. The largest absolute Gasteiger partial charge is 0.464 e. The van der Waals surface area contributed by atoms with E-state index in [1.54, 1.807) is 24.3 Å². The molecule has 0 spiro atoms. The molecule has 118 valence electrons. The zero-order valence-corrected chi connectivity index (χ0v) is 12.1. The van der Waals surface area contributed by atoms with Crippen LogP contribution in [0, 0.1) is 10.8 Å². The second kappa shape index (κ2) is 5.59. The van der Waals surface area contributed by atoms with Crippen LogP contribution in [-0.4, -0.2) is 46.7 Å². The number of fused-ring (bicyclic) bond motifs is 1. The Balaban J connectivity index is 1.92. The molecule has 0 unspecified atom stereocenters. The van der Waals surface area contributed by atoms with Gasteiger partial charge >= 0.3 is 5.97 Å². The van der Waals surface area contributed by atoms with Gasteiger partial charge < -0.3 is 4.74 Å². The number of ether oxygens (including phenoxy) is 1. The van der Waals surface area contributed by atoms with E-state index < -0.39 is 29.7 Å². The number of nitrogens with zero attached hydrogens (tertiary/aromatic N) is 4. The van der Waals surface area contributed by atoms with E-state index in [9.17, 15) is 19.3 Å². The third-order valence-corrected chi connectivity index (χ3v) is 3.78. The van der Waals surface area contributed by atoms with Crippen molar-refractivity contribution in [2.24, 2.45) is 16.3 Å². The number of hydrazone groups is 1. The van der Waals surface area contributed by atoms with E-state index >= 15 is 0 Å². The lowest BCUT2D eigenvalue weighted by Gasteiger charge is -2.16. The van der Waals surface area contributed by atoms with Crippen molar-refractivity contribution < 1.29 is 19.1 Å². The molecule has 1 fully saturated rings. The molecule has 3 rings (SSSR count). The highest BCUT2D eigenvalue weighted by Gasteiger charge is 2.59. The van der Waals surface area contributed by atoms with Gasteiger partial charge in [-0.15, -0.1) is 15.1 Å². The molecule has 0 aliphatic carbocycles. The van der Waals surface area contributed by atoms with Gasteiger partial charge in [-0.2, -0.15) is 0 Å². The van der Waals surface area contributed by atoms with Gasteiger partial charge in [0.15, 0.2) is 11.8 Å². The quantitative estimate of drug-likeness (QED) is 0.441. The maximum Gasteiger partial charge on any atom is 0.355 e. The number of likely N-dealkylation sites (tertiary alicyclic amines) is 1. The lowest BCUT2D eigenvalue weighted by Crippen LogP contribution is -2.36. The van der Waals surface area contributed by atoms with Gasteiger partial charge in [0.1, 0.15) is 5.92 Å². The Kier molecular flexibility index (Phi) is 3.61. The van der Waals surface area contributed by atoms with Crippen LogP contribution in [0.3, 0.4) is 0 Å². The lowest BCUT2D eigenvalue weighted by molar-refractivity contribution is -0.141. The molecule has 9 nitrogen and oxygen atoms in total. The summed E-state index contributed by atoms with van der Waals surface area (Å²) in [6.45, 7) is 0.0483. The Labute approximate surface area is 130 Å². The van der Waals surface area contributed by atoms with Crippen LogP contribution >= 0.6 is 0 Å². The smallest absolute Gasteiger partial charge is 0.355 e.